The van der Waals surface area contributed by atoms with E-state index in [1.54, 1.807) is 38.4 Å². The number of nitrogens with zero attached hydrogens (tertiary/aromatic N) is 1. The number of nitrogens with one attached hydrogen (secondary N) is 1. The highest BCUT2D eigenvalue weighted by Gasteiger charge is 2.36. The van der Waals surface area contributed by atoms with E-state index in [-0.39, 0.29) is 5.70 Å². The fourth-order valence-corrected chi connectivity index (χ4v) is 1.40. The summed E-state index contributed by atoms with van der Waals surface area (Å²) in [7, 11) is 4.70. The predicted molar refractivity (Wildman–Crippen MR) is 68.9 cm³/mol. The molecular weight excluding hydrogens is 273 g/mol. The number of ketones is 1. The Hall–Kier alpha value is -2.02. The second-order valence-corrected chi connectivity index (χ2v) is 4.15. The third-order valence-corrected chi connectivity index (χ3v) is 2.30. The molecule has 4 nitrogen and oxygen atoms in total. The summed E-state index contributed by atoms with van der Waals surface area (Å²) in [4.78, 5) is 11.1. The lowest BCUT2D eigenvalue weighted by Crippen LogP contribution is -2.30. The van der Waals surface area contributed by atoms with Crippen molar-refractivity contribution in [3.05, 3.63) is 35.9 Å². The monoisotopic (exact) mass is 288 g/mol. The summed E-state index contributed by atoms with van der Waals surface area (Å²) < 4.78 is 41.9. The number of carbonyl (C=O) groups is 1. The van der Waals surface area contributed by atoms with Gasteiger partial charge >= 0.3 is 6.18 Å². The number of methoxy groups -OCH3 is 1. The summed E-state index contributed by atoms with van der Waals surface area (Å²) in [6.45, 7) is 0. The number of alkyl halides is 3. The van der Waals surface area contributed by atoms with E-state index in [9.17, 15) is 18.0 Å². The first-order valence-electron chi connectivity index (χ1n) is 5.65. The van der Waals surface area contributed by atoms with Crippen molar-refractivity contribution in [2.24, 2.45) is 0 Å². The van der Waals surface area contributed by atoms with E-state index in [2.05, 4.69) is 5.43 Å². The van der Waals surface area contributed by atoms with Gasteiger partial charge in [-0.25, -0.2) is 5.01 Å². The van der Waals surface area contributed by atoms with Gasteiger partial charge in [-0.05, 0) is 29.8 Å². The standard InChI is InChI=1S/C13H15F3N2O2/c1-18(2)17-11(8-12(19)13(14,15)16)9-4-6-10(20-3)7-5-9/h4-8,17H,1-3H3. The molecule has 1 N–H and O–H groups in total. The average Bonchev–Trinajstić information content (AvgIpc) is 2.36. The molecule has 0 heterocycles. The van der Waals surface area contributed by atoms with Crippen LogP contribution in [0.15, 0.2) is 30.3 Å². The van der Waals surface area contributed by atoms with Crippen LogP contribution in [0, 0.1) is 0 Å². The fraction of sp³-hybridized carbons (Fsp3) is 0.308. The molecule has 0 atom stereocenters. The zero-order chi connectivity index (χ0) is 15.3. The second-order valence-electron chi connectivity index (χ2n) is 4.15. The van der Waals surface area contributed by atoms with Crippen LogP contribution < -0.4 is 10.2 Å². The fourth-order valence-electron chi connectivity index (χ4n) is 1.40. The first kappa shape index (κ1) is 16.0. The van der Waals surface area contributed by atoms with E-state index >= 15 is 0 Å². The Morgan fingerprint density at radius 1 is 1.25 bits per heavy atom. The van der Waals surface area contributed by atoms with Gasteiger partial charge in [-0.1, -0.05) is 0 Å². The van der Waals surface area contributed by atoms with Crippen LogP contribution in [0.4, 0.5) is 13.2 Å². The first-order chi connectivity index (χ1) is 9.24. The molecule has 20 heavy (non-hydrogen) atoms. The molecule has 0 aliphatic carbocycles. The van der Waals surface area contributed by atoms with E-state index in [4.69, 9.17) is 4.74 Å². The average molecular weight is 288 g/mol. The van der Waals surface area contributed by atoms with Gasteiger partial charge in [0.1, 0.15) is 5.75 Å². The number of rotatable bonds is 5. The second kappa shape index (κ2) is 6.42. The molecule has 0 aliphatic heterocycles. The van der Waals surface area contributed by atoms with Crippen molar-refractivity contribution in [2.75, 3.05) is 21.2 Å². The molecule has 110 valence electrons. The summed E-state index contributed by atoms with van der Waals surface area (Å²) >= 11 is 0. The first-order valence-corrected chi connectivity index (χ1v) is 5.65. The summed E-state index contributed by atoms with van der Waals surface area (Å²) in [5, 5.41) is 1.44. The minimum atomic E-state index is -4.90. The van der Waals surface area contributed by atoms with E-state index in [0.717, 1.165) is 0 Å². The highest BCUT2D eigenvalue weighted by molar-refractivity contribution is 6.00. The largest absolute Gasteiger partial charge is 0.497 e. The molecule has 0 saturated heterocycles. The van der Waals surface area contributed by atoms with Crippen molar-refractivity contribution < 1.29 is 22.7 Å². The Morgan fingerprint density at radius 2 is 1.80 bits per heavy atom. The van der Waals surface area contributed by atoms with Crippen LogP contribution in [0.25, 0.3) is 5.70 Å². The number of halogens is 3. The number of hydrogen-bond acceptors (Lipinski definition) is 4. The van der Waals surface area contributed by atoms with Crippen molar-refractivity contribution in [2.45, 2.75) is 6.18 Å². The van der Waals surface area contributed by atoms with E-state index in [1.165, 1.54) is 12.1 Å². The third kappa shape index (κ3) is 4.58. The lowest BCUT2D eigenvalue weighted by molar-refractivity contribution is -0.165. The molecule has 1 rings (SSSR count). The van der Waals surface area contributed by atoms with Crippen LogP contribution in [0.3, 0.4) is 0 Å². The molecule has 1 aromatic carbocycles. The Labute approximate surface area is 114 Å². The number of benzene rings is 1. The lowest BCUT2D eigenvalue weighted by atomic mass is 10.1. The van der Waals surface area contributed by atoms with E-state index < -0.39 is 12.0 Å². The Morgan fingerprint density at radius 3 is 2.20 bits per heavy atom. The highest BCUT2D eigenvalue weighted by atomic mass is 19.4. The minimum Gasteiger partial charge on any atom is -0.497 e. The van der Waals surface area contributed by atoms with Gasteiger partial charge in [-0.15, -0.1) is 0 Å². The normalized spacial score (nSPS) is 12.4. The van der Waals surface area contributed by atoms with Crippen molar-refractivity contribution in [1.82, 2.24) is 10.4 Å². The molecule has 1 aromatic rings. The Balaban J connectivity index is 3.11. The highest BCUT2D eigenvalue weighted by Crippen LogP contribution is 2.21. The maximum atomic E-state index is 12.3. The topological polar surface area (TPSA) is 41.6 Å². The summed E-state index contributed by atoms with van der Waals surface area (Å²) in [5.74, 6) is -1.35. The van der Waals surface area contributed by atoms with Crippen LogP contribution in [0.5, 0.6) is 5.75 Å². The molecule has 0 aliphatic rings. The Bertz CT molecular complexity index is 493. The van der Waals surface area contributed by atoms with Crippen molar-refractivity contribution in [3.8, 4) is 5.75 Å². The van der Waals surface area contributed by atoms with Gasteiger partial charge in [0.25, 0.3) is 5.78 Å². The molecular formula is C13H15F3N2O2. The summed E-state index contributed by atoms with van der Waals surface area (Å²) in [5.41, 5.74) is 3.17. The van der Waals surface area contributed by atoms with Crippen molar-refractivity contribution >= 4 is 11.5 Å². The van der Waals surface area contributed by atoms with Crippen LogP contribution in [0.2, 0.25) is 0 Å². The molecule has 0 unspecified atom stereocenters. The smallest absolute Gasteiger partial charge is 0.454 e. The van der Waals surface area contributed by atoms with Gasteiger partial charge in [0.05, 0.1) is 12.8 Å². The number of ether oxygens (including phenoxy) is 1. The molecule has 0 radical (unpaired) electrons. The third-order valence-electron chi connectivity index (χ3n) is 2.30. The molecule has 0 spiro atoms. The maximum Gasteiger partial charge on any atom is 0.454 e. The van der Waals surface area contributed by atoms with E-state index in [0.29, 0.717) is 17.4 Å². The van der Waals surface area contributed by atoms with Gasteiger partial charge in [0.15, 0.2) is 0 Å². The molecule has 0 aromatic heterocycles. The summed E-state index contributed by atoms with van der Waals surface area (Å²) in [6.07, 6.45) is -4.37. The summed E-state index contributed by atoms with van der Waals surface area (Å²) in [6, 6.07) is 6.31. The molecule has 0 fully saturated rings. The zero-order valence-electron chi connectivity index (χ0n) is 11.3. The van der Waals surface area contributed by atoms with Gasteiger partial charge < -0.3 is 10.2 Å². The number of allylic oxidation sites excluding steroid dienone is 1. The number of carbonyl (C=O) groups excluding carboxylic acids is 1. The lowest BCUT2D eigenvalue weighted by Gasteiger charge is -2.17. The number of hydrazine groups is 1. The van der Waals surface area contributed by atoms with Gasteiger partial charge in [0.2, 0.25) is 0 Å². The Kier molecular flexibility index (Phi) is 5.15. The maximum absolute atomic E-state index is 12.3. The van der Waals surface area contributed by atoms with Crippen LogP contribution in [-0.2, 0) is 4.79 Å². The van der Waals surface area contributed by atoms with Crippen molar-refractivity contribution in [1.29, 1.82) is 0 Å². The van der Waals surface area contributed by atoms with Crippen molar-refractivity contribution in [3.63, 3.8) is 0 Å². The molecule has 0 bridgehead atoms. The molecule has 0 saturated carbocycles. The zero-order valence-corrected chi connectivity index (χ0v) is 11.3. The quantitative estimate of drug-likeness (QED) is 0.666. The predicted octanol–water partition coefficient (Wildman–Crippen LogP) is 2.23. The number of hydrogen-bond donors (Lipinski definition) is 1. The van der Waals surface area contributed by atoms with Crippen LogP contribution >= 0.6 is 0 Å². The van der Waals surface area contributed by atoms with Gasteiger partial charge in [-0.2, -0.15) is 13.2 Å². The van der Waals surface area contributed by atoms with Gasteiger partial charge in [-0.3, -0.25) is 4.79 Å². The minimum absolute atomic E-state index is 0.0555. The molecule has 7 heteroatoms. The van der Waals surface area contributed by atoms with E-state index in [1.807, 2.05) is 0 Å². The SMILES string of the molecule is COc1ccc(C(=CC(=O)C(F)(F)F)NN(C)C)cc1. The van der Waals surface area contributed by atoms with Crippen LogP contribution in [-0.4, -0.2) is 38.2 Å². The molecule has 0 amide bonds. The van der Waals surface area contributed by atoms with Gasteiger partial charge in [0, 0.05) is 20.2 Å². The van der Waals surface area contributed by atoms with Crippen LogP contribution in [0.1, 0.15) is 5.56 Å².